The summed E-state index contributed by atoms with van der Waals surface area (Å²) in [4.78, 5) is 11.5. The minimum atomic E-state index is -0.999. The van der Waals surface area contributed by atoms with Gasteiger partial charge in [-0.25, -0.2) is 4.79 Å². The molecule has 1 unspecified atom stereocenters. The SMILES string of the molecule is Cn1c(=O)oc2cc(C(O)c3ccccc3Cl)c(Cl)cc21. The second-order valence-electron chi connectivity index (χ2n) is 4.69. The standard InChI is InChI=1S/C15H11Cl2NO3/c1-18-12-7-11(17)9(6-13(12)21-15(18)20)14(19)8-4-2-3-5-10(8)16/h2-7,14,19H,1H3. The van der Waals surface area contributed by atoms with E-state index in [1.54, 1.807) is 43.4 Å². The Balaban J connectivity index is 2.18. The molecule has 0 spiro atoms. The lowest BCUT2D eigenvalue weighted by atomic mass is 10.0. The van der Waals surface area contributed by atoms with Gasteiger partial charge in [0.1, 0.15) is 6.10 Å². The second-order valence-corrected chi connectivity index (χ2v) is 5.51. The predicted molar refractivity (Wildman–Crippen MR) is 82.0 cm³/mol. The molecule has 0 radical (unpaired) electrons. The Bertz CT molecular complexity index is 882. The first-order chi connectivity index (χ1) is 9.99. The highest BCUT2D eigenvalue weighted by Crippen LogP contribution is 2.34. The largest absolute Gasteiger partial charge is 0.419 e. The summed E-state index contributed by atoms with van der Waals surface area (Å²) < 4.78 is 6.47. The summed E-state index contributed by atoms with van der Waals surface area (Å²) in [5, 5.41) is 11.3. The van der Waals surface area contributed by atoms with Crippen LogP contribution in [0.2, 0.25) is 10.0 Å². The third-order valence-corrected chi connectivity index (χ3v) is 4.08. The third-order valence-electron chi connectivity index (χ3n) is 3.41. The predicted octanol–water partition coefficient (Wildman–Crippen LogP) is 3.52. The number of aliphatic hydroxyl groups is 1. The van der Waals surface area contributed by atoms with E-state index in [4.69, 9.17) is 27.6 Å². The van der Waals surface area contributed by atoms with Gasteiger partial charge in [-0.1, -0.05) is 41.4 Å². The molecular weight excluding hydrogens is 313 g/mol. The molecule has 0 bridgehead atoms. The number of aryl methyl sites for hydroxylation is 1. The number of fused-ring (bicyclic) bond motifs is 1. The van der Waals surface area contributed by atoms with Gasteiger partial charge in [0.05, 0.1) is 5.52 Å². The Kier molecular flexibility index (Phi) is 3.53. The summed E-state index contributed by atoms with van der Waals surface area (Å²) >= 11 is 12.3. The monoisotopic (exact) mass is 323 g/mol. The van der Waals surface area contributed by atoms with Gasteiger partial charge in [-0.15, -0.1) is 0 Å². The molecule has 1 heterocycles. The zero-order valence-electron chi connectivity index (χ0n) is 11.0. The minimum Gasteiger partial charge on any atom is -0.408 e. The lowest BCUT2D eigenvalue weighted by Gasteiger charge is -2.14. The maximum atomic E-state index is 11.5. The van der Waals surface area contributed by atoms with Crippen LogP contribution in [0.1, 0.15) is 17.2 Å². The molecule has 6 heteroatoms. The van der Waals surface area contributed by atoms with Crippen molar-refractivity contribution < 1.29 is 9.52 Å². The van der Waals surface area contributed by atoms with Crippen LogP contribution in [0.3, 0.4) is 0 Å². The van der Waals surface area contributed by atoms with Gasteiger partial charge in [-0.3, -0.25) is 4.57 Å². The van der Waals surface area contributed by atoms with Gasteiger partial charge >= 0.3 is 5.76 Å². The van der Waals surface area contributed by atoms with Crippen molar-refractivity contribution in [3.63, 3.8) is 0 Å². The van der Waals surface area contributed by atoms with E-state index < -0.39 is 11.9 Å². The molecule has 1 N–H and O–H groups in total. The normalized spacial score (nSPS) is 12.8. The molecule has 1 atom stereocenters. The van der Waals surface area contributed by atoms with Gasteiger partial charge in [-0.2, -0.15) is 0 Å². The summed E-state index contributed by atoms with van der Waals surface area (Å²) in [6.45, 7) is 0. The highest BCUT2D eigenvalue weighted by atomic mass is 35.5. The first-order valence-corrected chi connectivity index (χ1v) is 6.96. The molecule has 0 aliphatic carbocycles. The smallest absolute Gasteiger partial charge is 0.408 e. The van der Waals surface area contributed by atoms with Gasteiger partial charge in [0.25, 0.3) is 0 Å². The van der Waals surface area contributed by atoms with E-state index >= 15 is 0 Å². The van der Waals surface area contributed by atoms with Gasteiger partial charge in [0.2, 0.25) is 0 Å². The Morgan fingerprint density at radius 1 is 1.14 bits per heavy atom. The molecule has 0 aliphatic rings. The zero-order chi connectivity index (χ0) is 15.1. The minimum absolute atomic E-state index is 0.339. The van der Waals surface area contributed by atoms with Gasteiger partial charge in [0, 0.05) is 28.2 Å². The van der Waals surface area contributed by atoms with Crippen LogP contribution in [0, 0.1) is 0 Å². The van der Waals surface area contributed by atoms with Crippen LogP contribution < -0.4 is 5.76 Å². The van der Waals surface area contributed by atoms with E-state index in [1.165, 1.54) is 4.57 Å². The van der Waals surface area contributed by atoms with Crippen molar-refractivity contribution in [2.45, 2.75) is 6.10 Å². The number of hydrogen-bond donors (Lipinski definition) is 1. The fourth-order valence-corrected chi connectivity index (χ4v) is 2.74. The summed E-state index contributed by atoms with van der Waals surface area (Å²) in [6, 6.07) is 10.1. The van der Waals surface area contributed by atoms with E-state index in [0.29, 0.717) is 32.3 Å². The van der Waals surface area contributed by atoms with Crippen molar-refractivity contribution in [3.05, 3.63) is 68.1 Å². The molecule has 3 aromatic rings. The number of aliphatic hydroxyl groups excluding tert-OH is 1. The lowest BCUT2D eigenvalue weighted by molar-refractivity contribution is 0.220. The van der Waals surface area contributed by atoms with E-state index in [1.807, 2.05) is 0 Å². The summed E-state index contributed by atoms with van der Waals surface area (Å²) in [5.74, 6) is -0.481. The number of nitrogens with zero attached hydrogens (tertiary/aromatic N) is 1. The first kappa shape index (κ1) is 14.2. The van der Waals surface area contributed by atoms with Crippen molar-refractivity contribution in [3.8, 4) is 0 Å². The van der Waals surface area contributed by atoms with Crippen LogP contribution in [-0.2, 0) is 7.05 Å². The molecule has 4 nitrogen and oxygen atoms in total. The molecule has 3 rings (SSSR count). The summed E-state index contributed by atoms with van der Waals surface area (Å²) in [6.07, 6.45) is -0.999. The molecule has 0 aliphatic heterocycles. The quantitative estimate of drug-likeness (QED) is 0.785. The Morgan fingerprint density at radius 2 is 1.86 bits per heavy atom. The number of aromatic nitrogens is 1. The maximum Gasteiger partial charge on any atom is 0.419 e. The number of oxazole rings is 1. The molecule has 108 valence electrons. The number of halogens is 2. The second kappa shape index (κ2) is 5.22. The molecule has 0 amide bonds. The third kappa shape index (κ3) is 2.35. The van der Waals surface area contributed by atoms with E-state index in [2.05, 4.69) is 0 Å². The van der Waals surface area contributed by atoms with Gasteiger partial charge in [-0.05, 0) is 18.2 Å². The summed E-state index contributed by atoms with van der Waals surface area (Å²) in [7, 11) is 1.59. The zero-order valence-corrected chi connectivity index (χ0v) is 12.5. The van der Waals surface area contributed by atoms with E-state index in [9.17, 15) is 9.90 Å². The average Bonchev–Trinajstić information content (AvgIpc) is 2.73. The number of benzene rings is 2. The van der Waals surface area contributed by atoms with Gasteiger partial charge in [0.15, 0.2) is 5.58 Å². The highest BCUT2D eigenvalue weighted by Gasteiger charge is 2.19. The van der Waals surface area contributed by atoms with Crippen LogP contribution in [0.25, 0.3) is 11.1 Å². The van der Waals surface area contributed by atoms with Crippen molar-refractivity contribution in [1.82, 2.24) is 4.57 Å². The molecule has 0 saturated heterocycles. The fourth-order valence-electron chi connectivity index (χ4n) is 2.24. The lowest BCUT2D eigenvalue weighted by Crippen LogP contribution is -2.08. The number of hydrogen-bond acceptors (Lipinski definition) is 3. The molecule has 0 fully saturated rings. The molecule has 0 saturated carbocycles. The molecule has 2 aromatic carbocycles. The van der Waals surface area contributed by atoms with Crippen LogP contribution in [-0.4, -0.2) is 9.67 Å². The van der Waals surface area contributed by atoms with Crippen molar-refractivity contribution in [1.29, 1.82) is 0 Å². The van der Waals surface area contributed by atoms with Crippen molar-refractivity contribution in [2.24, 2.45) is 7.05 Å². The molecule has 21 heavy (non-hydrogen) atoms. The molecular formula is C15H11Cl2NO3. The molecule has 1 aromatic heterocycles. The fraction of sp³-hybridized carbons (Fsp3) is 0.133. The first-order valence-electron chi connectivity index (χ1n) is 6.20. The average molecular weight is 324 g/mol. The van der Waals surface area contributed by atoms with Crippen molar-refractivity contribution >= 4 is 34.3 Å². The van der Waals surface area contributed by atoms with Crippen LogP contribution in [0.5, 0.6) is 0 Å². The maximum absolute atomic E-state index is 11.5. The van der Waals surface area contributed by atoms with E-state index in [-0.39, 0.29) is 0 Å². The van der Waals surface area contributed by atoms with Crippen LogP contribution in [0.4, 0.5) is 0 Å². The van der Waals surface area contributed by atoms with Crippen molar-refractivity contribution in [2.75, 3.05) is 0 Å². The Morgan fingerprint density at radius 3 is 2.57 bits per heavy atom. The van der Waals surface area contributed by atoms with Crippen LogP contribution in [0.15, 0.2) is 45.6 Å². The number of rotatable bonds is 2. The Hall–Kier alpha value is -1.75. The van der Waals surface area contributed by atoms with E-state index in [0.717, 1.165) is 0 Å². The highest BCUT2D eigenvalue weighted by molar-refractivity contribution is 6.32. The van der Waals surface area contributed by atoms with Gasteiger partial charge < -0.3 is 9.52 Å². The summed E-state index contributed by atoms with van der Waals surface area (Å²) in [5.41, 5.74) is 1.92. The van der Waals surface area contributed by atoms with Crippen LogP contribution >= 0.6 is 23.2 Å². The topological polar surface area (TPSA) is 55.4 Å². The Labute approximate surface area is 130 Å².